The zero-order chi connectivity index (χ0) is 53.5. The number of rotatable bonds is 20. The van der Waals surface area contributed by atoms with Gasteiger partial charge in [0.1, 0.15) is 36.3 Å². The van der Waals surface area contributed by atoms with Crippen LogP contribution in [0.15, 0.2) is 54.6 Å². The van der Waals surface area contributed by atoms with E-state index in [9.17, 15) is 30.3 Å². The van der Waals surface area contributed by atoms with Crippen LogP contribution in [0.3, 0.4) is 0 Å². The average Bonchev–Trinajstić information content (AvgIpc) is 3.33. The maximum absolute atomic E-state index is 14.6. The molecule has 2 aliphatic heterocycles. The monoisotopic (exact) mass is 1030 g/mol. The van der Waals surface area contributed by atoms with E-state index in [0.29, 0.717) is 44.2 Å². The lowest BCUT2D eigenvalue weighted by molar-refractivity contribution is -0.306. The molecule has 17 atom stereocenters. The zero-order valence-electron chi connectivity index (χ0n) is 45.2. The maximum atomic E-state index is 14.6. The smallest absolute Gasteiger partial charge is 0.311 e. The van der Waals surface area contributed by atoms with Crippen LogP contribution < -0.4 is 15.4 Å². The van der Waals surface area contributed by atoms with Crippen LogP contribution in [0.1, 0.15) is 107 Å². The van der Waals surface area contributed by atoms with Crippen molar-refractivity contribution >= 4 is 29.0 Å². The zero-order valence-corrected chi connectivity index (χ0v) is 46.0. The highest BCUT2D eigenvalue weighted by Gasteiger charge is 2.51. The van der Waals surface area contributed by atoms with Crippen molar-refractivity contribution in [3.05, 3.63) is 60.2 Å². The van der Waals surface area contributed by atoms with Gasteiger partial charge in [0.2, 0.25) is 0 Å². The van der Waals surface area contributed by atoms with Crippen molar-refractivity contribution in [2.75, 3.05) is 52.8 Å². The van der Waals surface area contributed by atoms with Crippen LogP contribution in [0.4, 0.5) is 5.69 Å². The molecule has 2 aliphatic rings. The van der Waals surface area contributed by atoms with Crippen LogP contribution in [0.2, 0.25) is 0 Å². The largest absolute Gasteiger partial charge is 0.489 e. The predicted octanol–water partition coefficient (Wildman–Crippen LogP) is 5.47. The van der Waals surface area contributed by atoms with Gasteiger partial charge in [-0.15, -0.1) is 0 Å². The molecule has 0 aliphatic carbocycles. The van der Waals surface area contributed by atoms with Gasteiger partial charge >= 0.3 is 5.97 Å². The molecule has 2 heterocycles. The number of anilines is 1. The van der Waals surface area contributed by atoms with E-state index in [0.717, 1.165) is 17.0 Å². The molecule has 2 aromatic carbocycles. The summed E-state index contributed by atoms with van der Waals surface area (Å²) in [7, 11) is 5.31. The maximum Gasteiger partial charge on any atom is 0.311 e. The summed E-state index contributed by atoms with van der Waals surface area (Å²) in [5.41, 5.74) is -1.68. The fraction of sp³-hybridized carbons (Fsp3) is 0.741. The summed E-state index contributed by atoms with van der Waals surface area (Å²) in [4.78, 5) is 18.6. The average molecular weight is 1040 g/mol. The van der Waals surface area contributed by atoms with Gasteiger partial charge in [0.25, 0.3) is 0 Å². The first-order valence-electron chi connectivity index (χ1n) is 25.9. The molecule has 17 nitrogen and oxygen atoms in total. The number of hydrogen-bond acceptors (Lipinski definition) is 16. The highest BCUT2D eigenvalue weighted by molar-refractivity contribution is 7.80. The molecule has 0 amide bonds. The standard InChI is InChI=1S/C54H90N4O13S/c1-14-44-54(10,64)48(61)37(6)58(27-18-26-55-52(72)56-41-21-23-42(24-22-41)66-32-40-19-16-15-17-20-40)31-33(2)30-53(9,63)49(71-51-46(60)43(57(11)12)29-34(3)67-51)35(4)47(36(5)50(62)69-44)70-45(25-28-65-13)68-39(8)38(7)59/h15-17,19-24,33-39,43-49,51,59-61,63-64H,14,18,25-32H2,1-13H3,(H2,55,56,72)/t33-,34-,35+,36-,37-,38-,39+,43+,44-,45+,46-,47+,48-,49-,51+,53-,54-/m1/s1. The highest BCUT2D eigenvalue weighted by Crippen LogP contribution is 2.38. The second-order valence-corrected chi connectivity index (χ2v) is 21.5. The molecule has 4 rings (SSSR count). The van der Waals surface area contributed by atoms with E-state index >= 15 is 0 Å². The molecule has 0 radical (unpaired) electrons. The molecular formula is C54H90N4O13S. The number of aliphatic hydroxyl groups is 5. The summed E-state index contributed by atoms with van der Waals surface area (Å²) < 4.78 is 43.7. The Balaban J connectivity index is 1.64. The topological polar surface area (TPSA) is 213 Å². The van der Waals surface area contributed by atoms with Crippen molar-refractivity contribution in [3.63, 3.8) is 0 Å². The van der Waals surface area contributed by atoms with Gasteiger partial charge < -0.3 is 74.2 Å². The van der Waals surface area contributed by atoms with E-state index in [1.54, 1.807) is 41.7 Å². The summed E-state index contributed by atoms with van der Waals surface area (Å²) in [5, 5.41) is 66.5. The minimum atomic E-state index is -1.90. The van der Waals surface area contributed by atoms with E-state index in [1.165, 1.54) is 6.92 Å². The van der Waals surface area contributed by atoms with Gasteiger partial charge in [-0.05, 0) is 136 Å². The lowest BCUT2D eigenvalue weighted by Gasteiger charge is -2.47. The number of thiocarbonyl (C=S) groups is 1. The number of carbonyl (C=O) groups is 1. The molecule has 0 bridgehead atoms. The first kappa shape index (κ1) is 61.5. The Labute approximate surface area is 435 Å². The Hall–Kier alpha value is -3.08. The van der Waals surface area contributed by atoms with Crippen molar-refractivity contribution in [2.24, 2.45) is 17.8 Å². The Bertz CT molecular complexity index is 1900. The lowest BCUT2D eigenvalue weighted by atomic mass is 9.77. The second-order valence-electron chi connectivity index (χ2n) is 21.1. The van der Waals surface area contributed by atoms with E-state index in [2.05, 4.69) is 15.5 Å². The number of likely N-dealkylation sites (N-methyl/N-ethyl adjacent to an activating group) is 1. The number of carbonyl (C=O) groups excluding carboxylic acids is 1. The molecule has 72 heavy (non-hydrogen) atoms. The van der Waals surface area contributed by atoms with Gasteiger partial charge in [-0.1, -0.05) is 51.1 Å². The fourth-order valence-electron chi connectivity index (χ4n) is 10.1. The van der Waals surface area contributed by atoms with E-state index < -0.39 is 90.4 Å². The number of nitrogens with one attached hydrogen (secondary N) is 2. The van der Waals surface area contributed by atoms with Crippen LogP contribution in [0.5, 0.6) is 5.75 Å². The Morgan fingerprint density at radius 2 is 1.68 bits per heavy atom. The molecule has 18 heteroatoms. The fourth-order valence-corrected chi connectivity index (χ4v) is 10.3. The Morgan fingerprint density at radius 1 is 1.01 bits per heavy atom. The van der Waals surface area contributed by atoms with Gasteiger partial charge in [-0.25, -0.2) is 0 Å². The predicted molar refractivity (Wildman–Crippen MR) is 281 cm³/mol. The SMILES string of the molecule is CC[C@H]1OC(=O)[C@H](C)[C@@H](O[C@@H](CCOC)O[C@@H](C)[C@@H](C)O)[C@H](C)[C@@H](O[C@@H]2O[C@H](C)C[C@H](N(C)C)[C@H]2O)[C@](C)(O)C[C@@H](C)CN(CCCNC(=S)Nc2ccc(OCc3ccccc3)cc2)[C@H](C)[C@@H](O)[C@]1(C)O. The highest BCUT2D eigenvalue weighted by atomic mass is 32.1. The van der Waals surface area contributed by atoms with Crippen molar-refractivity contribution in [1.82, 2.24) is 15.1 Å². The molecule has 0 saturated carbocycles. The summed E-state index contributed by atoms with van der Waals surface area (Å²) in [6.45, 7) is 19.5. The molecule has 2 fully saturated rings. The van der Waals surface area contributed by atoms with Crippen LogP contribution in [-0.4, -0.2) is 179 Å². The number of benzene rings is 2. The van der Waals surface area contributed by atoms with Crippen LogP contribution in [0, 0.1) is 17.8 Å². The van der Waals surface area contributed by atoms with Crippen molar-refractivity contribution in [1.29, 1.82) is 0 Å². The molecule has 0 aromatic heterocycles. The third-order valence-electron chi connectivity index (χ3n) is 14.4. The summed E-state index contributed by atoms with van der Waals surface area (Å²) in [5.74, 6) is -2.10. The summed E-state index contributed by atoms with van der Waals surface area (Å²) >= 11 is 5.66. The minimum Gasteiger partial charge on any atom is -0.489 e. The van der Waals surface area contributed by atoms with Gasteiger partial charge in [0.15, 0.2) is 17.7 Å². The quantitative estimate of drug-likeness (QED) is 0.0379. The molecule has 0 unspecified atom stereocenters. The Kier molecular flexibility index (Phi) is 24.5. The first-order chi connectivity index (χ1) is 33.9. The number of aliphatic hydroxyl groups excluding tert-OH is 3. The first-order valence-corrected chi connectivity index (χ1v) is 26.3. The van der Waals surface area contributed by atoms with Crippen LogP contribution in [-0.2, 0) is 39.8 Å². The number of esters is 1. The van der Waals surface area contributed by atoms with E-state index in [-0.39, 0.29) is 43.9 Å². The van der Waals surface area contributed by atoms with Gasteiger partial charge in [-0.2, -0.15) is 0 Å². The van der Waals surface area contributed by atoms with Gasteiger partial charge in [0, 0.05) is 56.9 Å². The molecule has 2 saturated heterocycles. The number of cyclic esters (lactones) is 1. The normalized spacial score (nSPS) is 33.7. The number of hydrogen-bond donors (Lipinski definition) is 7. The number of nitrogens with zero attached hydrogens (tertiary/aromatic N) is 2. The Morgan fingerprint density at radius 3 is 2.29 bits per heavy atom. The molecule has 410 valence electrons. The molecular weight excluding hydrogens is 945 g/mol. The third-order valence-corrected chi connectivity index (χ3v) is 14.7. The molecule has 7 N–H and O–H groups in total. The number of ether oxygens (including phenoxy) is 7. The molecule has 0 spiro atoms. The second kappa shape index (κ2) is 28.7. The molecule has 2 aromatic rings. The van der Waals surface area contributed by atoms with Crippen molar-refractivity contribution in [3.8, 4) is 5.75 Å². The summed E-state index contributed by atoms with van der Waals surface area (Å²) in [6, 6.07) is 16.5. The lowest BCUT2D eigenvalue weighted by Crippen LogP contribution is -2.59. The van der Waals surface area contributed by atoms with Crippen molar-refractivity contribution in [2.45, 2.75) is 193 Å². The third kappa shape index (κ3) is 17.8. The van der Waals surface area contributed by atoms with Gasteiger partial charge in [0.05, 0.1) is 48.6 Å². The van der Waals surface area contributed by atoms with Crippen LogP contribution in [0.25, 0.3) is 0 Å². The van der Waals surface area contributed by atoms with Crippen LogP contribution >= 0.6 is 12.2 Å². The number of methoxy groups -OCH3 is 1. The van der Waals surface area contributed by atoms with E-state index in [4.69, 9.17) is 45.4 Å². The summed E-state index contributed by atoms with van der Waals surface area (Å²) in [6.07, 6.45) is -8.05. The van der Waals surface area contributed by atoms with E-state index in [1.807, 2.05) is 101 Å². The van der Waals surface area contributed by atoms with Gasteiger partial charge in [-0.3, -0.25) is 9.69 Å². The van der Waals surface area contributed by atoms with Crippen molar-refractivity contribution < 1.29 is 63.5 Å². The minimum absolute atomic E-state index is 0.168.